The van der Waals surface area contributed by atoms with Gasteiger partial charge in [0.2, 0.25) is 0 Å². The van der Waals surface area contributed by atoms with E-state index in [4.69, 9.17) is 0 Å². The molecular formula is C13H15F5N2. The molecule has 0 aliphatic carbocycles. The average molecular weight is 294 g/mol. The van der Waals surface area contributed by atoms with E-state index in [1.807, 2.05) is 0 Å². The van der Waals surface area contributed by atoms with Crippen LogP contribution in [0.4, 0.5) is 27.6 Å². The molecule has 0 saturated carbocycles. The number of benzene rings is 1. The Hall–Kier alpha value is -1.37. The van der Waals surface area contributed by atoms with Crippen LogP contribution < -0.4 is 10.2 Å². The Labute approximate surface area is 113 Å². The molecule has 7 heteroatoms. The highest BCUT2D eigenvalue weighted by Crippen LogP contribution is 2.22. The van der Waals surface area contributed by atoms with E-state index in [2.05, 4.69) is 5.32 Å². The number of anilines is 1. The van der Waals surface area contributed by atoms with Gasteiger partial charge in [-0.15, -0.1) is 0 Å². The summed E-state index contributed by atoms with van der Waals surface area (Å²) in [6, 6.07) is 3.22. The molecule has 1 unspecified atom stereocenters. The highest BCUT2D eigenvalue weighted by atomic mass is 19.4. The molecule has 20 heavy (non-hydrogen) atoms. The predicted octanol–water partition coefficient (Wildman–Crippen LogP) is 3.09. The molecule has 1 saturated heterocycles. The molecule has 0 radical (unpaired) electrons. The van der Waals surface area contributed by atoms with E-state index < -0.39 is 24.4 Å². The second kappa shape index (κ2) is 5.95. The lowest BCUT2D eigenvalue weighted by atomic mass is 10.0. The van der Waals surface area contributed by atoms with Gasteiger partial charge in [-0.2, -0.15) is 13.2 Å². The molecule has 0 bridgehead atoms. The number of nitrogens with one attached hydrogen (secondary N) is 1. The summed E-state index contributed by atoms with van der Waals surface area (Å²) in [6.45, 7) is -0.0697. The molecule has 0 amide bonds. The first-order chi connectivity index (χ1) is 9.35. The molecule has 2 nitrogen and oxygen atoms in total. The van der Waals surface area contributed by atoms with E-state index in [9.17, 15) is 22.0 Å². The Morgan fingerprint density at radius 2 is 1.95 bits per heavy atom. The number of alkyl halides is 3. The minimum Gasteiger partial charge on any atom is -0.370 e. The van der Waals surface area contributed by atoms with Crippen LogP contribution in [0.15, 0.2) is 18.2 Å². The molecule has 0 aromatic heterocycles. The number of rotatable bonds is 3. The van der Waals surface area contributed by atoms with Crippen molar-refractivity contribution in [1.29, 1.82) is 0 Å². The third-order valence-corrected chi connectivity index (χ3v) is 3.28. The Bertz CT molecular complexity index is 461. The van der Waals surface area contributed by atoms with Crippen LogP contribution in [0, 0.1) is 11.6 Å². The summed E-state index contributed by atoms with van der Waals surface area (Å²) in [5.41, 5.74) is 0.488. The summed E-state index contributed by atoms with van der Waals surface area (Å²) in [7, 11) is 0. The third-order valence-electron chi connectivity index (χ3n) is 3.28. The van der Waals surface area contributed by atoms with E-state index in [-0.39, 0.29) is 6.04 Å². The van der Waals surface area contributed by atoms with E-state index in [0.717, 1.165) is 12.1 Å². The van der Waals surface area contributed by atoms with Crippen molar-refractivity contribution >= 4 is 5.69 Å². The minimum atomic E-state index is -4.25. The Balaban J connectivity index is 1.97. The fourth-order valence-corrected chi connectivity index (χ4v) is 2.32. The average Bonchev–Trinajstić information content (AvgIpc) is 2.39. The van der Waals surface area contributed by atoms with Gasteiger partial charge in [0.15, 0.2) is 11.6 Å². The standard InChI is InChI=1S/C13H15F5N2/c14-11-4-3-10(6-12(11)15)20-5-1-2-9(7-20)19-8-13(16,17)18/h3-4,6,9,19H,1-2,5,7-8H2. The molecule has 2 rings (SSSR count). The van der Waals surface area contributed by atoms with Crippen LogP contribution in [-0.4, -0.2) is 31.9 Å². The van der Waals surface area contributed by atoms with Crippen LogP contribution in [0.5, 0.6) is 0 Å². The molecule has 1 atom stereocenters. The topological polar surface area (TPSA) is 15.3 Å². The second-order valence-electron chi connectivity index (χ2n) is 4.88. The first-order valence-electron chi connectivity index (χ1n) is 6.35. The van der Waals surface area contributed by atoms with Crippen molar-refractivity contribution in [3.8, 4) is 0 Å². The molecule has 0 spiro atoms. The van der Waals surface area contributed by atoms with E-state index >= 15 is 0 Å². The largest absolute Gasteiger partial charge is 0.401 e. The lowest BCUT2D eigenvalue weighted by Crippen LogP contribution is -2.48. The molecule has 1 N–H and O–H groups in total. The Morgan fingerprint density at radius 1 is 1.20 bits per heavy atom. The van der Waals surface area contributed by atoms with Crippen LogP contribution in [0.3, 0.4) is 0 Å². The molecule has 1 heterocycles. The summed E-state index contributed by atoms with van der Waals surface area (Å²) in [5.74, 6) is -1.88. The summed E-state index contributed by atoms with van der Waals surface area (Å²) in [5, 5.41) is 2.45. The van der Waals surface area contributed by atoms with Crippen molar-refractivity contribution in [2.45, 2.75) is 25.1 Å². The molecule has 112 valence electrons. The van der Waals surface area contributed by atoms with Gasteiger partial charge in [0.1, 0.15) is 0 Å². The summed E-state index contributed by atoms with van der Waals surface area (Å²) in [4.78, 5) is 1.76. The molecule has 1 aliphatic rings. The maximum absolute atomic E-state index is 13.2. The molecule has 1 aromatic carbocycles. The monoisotopic (exact) mass is 294 g/mol. The number of nitrogens with zero attached hydrogens (tertiary/aromatic N) is 1. The highest BCUT2D eigenvalue weighted by Gasteiger charge is 2.29. The van der Waals surface area contributed by atoms with Crippen LogP contribution >= 0.6 is 0 Å². The molecule has 1 aromatic rings. The van der Waals surface area contributed by atoms with Crippen molar-refractivity contribution in [2.75, 3.05) is 24.5 Å². The van der Waals surface area contributed by atoms with Gasteiger partial charge in [0.25, 0.3) is 0 Å². The Morgan fingerprint density at radius 3 is 2.60 bits per heavy atom. The van der Waals surface area contributed by atoms with Crippen molar-refractivity contribution in [3.05, 3.63) is 29.8 Å². The van der Waals surface area contributed by atoms with Gasteiger partial charge in [-0.25, -0.2) is 8.78 Å². The molecule has 1 fully saturated rings. The number of halogens is 5. The first-order valence-corrected chi connectivity index (χ1v) is 6.35. The van der Waals surface area contributed by atoms with Gasteiger partial charge in [0.05, 0.1) is 6.54 Å². The fraction of sp³-hybridized carbons (Fsp3) is 0.538. The van der Waals surface area contributed by atoms with Crippen molar-refractivity contribution in [2.24, 2.45) is 0 Å². The van der Waals surface area contributed by atoms with Crippen LogP contribution in [0.2, 0.25) is 0 Å². The summed E-state index contributed by atoms with van der Waals surface area (Å²) >= 11 is 0. The van der Waals surface area contributed by atoms with Crippen LogP contribution in [-0.2, 0) is 0 Å². The van der Waals surface area contributed by atoms with E-state index in [1.165, 1.54) is 6.07 Å². The second-order valence-corrected chi connectivity index (χ2v) is 4.88. The van der Waals surface area contributed by atoms with E-state index in [1.54, 1.807) is 4.90 Å². The fourth-order valence-electron chi connectivity index (χ4n) is 2.32. The van der Waals surface area contributed by atoms with Gasteiger partial charge in [-0.05, 0) is 25.0 Å². The maximum Gasteiger partial charge on any atom is 0.401 e. The first kappa shape index (κ1) is 15.0. The minimum absolute atomic E-state index is 0.307. The van der Waals surface area contributed by atoms with Gasteiger partial charge in [0, 0.05) is 30.9 Å². The predicted molar refractivity (Wildman–Crippen MR) is 65.7 cm³/mol. The maximum atomic E-state index is 13.2. The zero-order valence-corrected chi connectivity index (χ0v) is 10.7. The lowest BCUT2D eigenvalue weighted by Gasteiger charge is -2.35. The molecular weight excluding hydrogens is 279 g/mol. The number of hydrogen-bond acceptors (Lipinski definition) is 2. The summed E-state index contributed by atoms with van der Waals surface area (Å²) < 4.78 is 62.5. The van der Waals surface area contributed by atoms with Crippen molar-refractivity contribution < 1.29 is 22.0 Å². The SMILES string of the molecule is Fc1ccc(N2CCCC(NCC(F)(F)F)C2)cc1F. The number of piperidine rings is 1. The summed E-state index contributed by atoms with van der Waals surface area (Å²) in [6.07, 6.45) is -2.91. The van der Waals surface area contributed by atoms with Gasteiger partial charge >= 0.3 is 6.18 Å². The normalized spacial score (nSPS) is 20.2. The third kappa shape index (κ3) is 4.06. The van der Waals surface area contributed by atoms with Crippen LogP contribution in [0.25, 0.3) is 0 Å². The van der Waals surface area contributed by atoms with Crippen molar-refractivity contribution in [3.63, 3.8) is 0 Å². The zero-order valence-electron chi connectivity index (χ0n) is 10.7. The highest BCUT2D eigenvalue weighted by molar-refractivity contribution is 5.47. The zero-order chi connectivity index (χ0) is 14.8. The van der Waals surface area contributed by atoms with Gasteiger partial charge in [-0.1, -0.05) is 0 Å². The molecule has 1 aliphatic heterocycles. The lowest BCUT2D eigenvalue weighted by molar-refractivity contribution is -0.126. The van der Waals surface area contributed by atoms with Gasteiger partial charge in [-0.3, -0.25) is 0 Å². The van der Waals surface area contributed by atoms with Crippen molar-refractivity contribution in [1.82, 2.24) is 5.32 Å². The quantitative estimate of drug-likeness (QED) is 0.862. The van der Waals surface area contributed by atoms with E-state index in [0.29, 0.717) is 31.6 Å². The number of hydrogen-bond donors (Lipinski definition) is 1. The Kier molecular flexibility index (Phi) is 4.47. The smallest absolute Gasteiger partial charge is 0.370 e. The van der Waals surface area contributed by atoms with Gasteiger partial charge < -0.3 is 10.2 Å². The van der Waals surface area contributed by atoms with Crippen LogP contribution in [0.1, 0.15) is 12.8 Å².